The van der Waals surface area contributed by atoms with E-state index in [0.29, 0.717) is 24.3 Å². The van der Waals surface area contributed by atoms with E-state index in [1.807, 2.05) is 6.92 Å². The third-order valence-electron chi connectivity index (χ3n) is 2.34. The molecule has 0 amide bonds. The average Bonchev–Trinajstić information content (AvgIpc) is 2.24. The summed E-state index contributed by atoms with van der Waals surface area (Å²) in [5.41, 5.74) is 6.85. The minimum atomic E-state index is 0.116. The molecule has 17 heavy (non-hydrogen) atoms. The van der Waals surface area contributed by atoms with Crippen molar-refractivity contribution in [2.45, 2.75) is 33.2 Å². The van der Waals surface area contributed by atoms with Crippen LogP contribution in [-0.2, 0) is 0 Å². The molecule has 0 aliphatic rings. The van der Waals surface area contributed by atoms with Crippen LogP contribution in [0, 0.1) is 12.8 Å². The number of hydrogen-bond donors (Lipinski definition) is 2. The number of hydrogen-bond acceptors (Lipinski definition) is 5. The summed E-state index contributed by atoms with van der Waals surface area (Å²) in [6.45, 7) is 6.90. The molecular weight excluding hydrogens is 216 g/mol. The molecule has 0 spiro atoms. The largest absolute Gasteiger partial charge is 0.481 e. The predicted molar refractivity (Wildman–Crippen MR) is 69.2 cm³/mol. The van der Waals surface area contributed by atoms with Crippen LogP contribution in [0.25, 0.3) is 0 Å². The quantitative estimate of drug-likeness (QED) is 0.787. The average molecular weight is 238 g/mol. The fourth-order valence-electron chi connectivity index (χ4n) is 1.63. The zero-order valence-corrected chi connectivity index (χ0v) is 11.0. The van der Waals surface area contributed by atoms with Gasteiger partial charge in [0.2, 0.25) is 11.8 Å². The number of methoxy groups -OCH3 is 1. The van der Waals surface area contributed by atoms with Crippen molar-refractivity contribution < 1.29 is 4.74 Å². The molecule has 0 aliphatic carbocycles. The van der Waals surface area contributed by atoms with Gasteiger partial charge in [-0.25, -0.2) is 4.98 Å². The zero-order valence-electron chi connectivity index (χ0n) is 11.0. The second-order valence-electron chi connectivity index (χ2n) is 4.65. The number of nitrogens with one attached hydrogen (secondary N) is 1. The minimum Gasteiger partial charge on any atom is -0.481 e. The Morgan fingerprint density at radius 1 is 1.41 bits per heavy atom. The lowest BCUT2D eigenvalue weighted by molar-refractivity contribution is 0.397. The first-order valence-corrected chi connectivity index (χ1v) is 5.90. The minimum absolute atomic E-state index is 0.116. The standard InChI is InChI=1S/C12H22N4O/c1-8(2)5-10(13)7-14-12-15-9(3)6-11(16-12)17-4/h6,8,10H,5,7,13H2,1-4H3,(H,14,15,16). The van der Waals surface area contributed by atoms with Gasteiger partial charge in [-0.2, -0.15) is 4.98 Å². The molecule has 0 aliphatic heterocycles. The number of aromatic nitrogens is 2. The van der Waals surface area contributed by atoms with Gasteiger partial charge in [0.1, 0.15) is 0 Å². The molecule has 0 aromatic carbocycles. The Morgan fingerprint density at radius 2 is 2.12 bits per heavy atom. The van der Waals surface area contributed by atoms with E-state index in [9.17, 15) is 0 Å². The van der Waals surface area contributed by atoms with E-state index >= 15 is 0 Å². The maximum Gasteiger partial charge on any atom is 0.226 e. The maximum atomic E-state index is 5.98. The molecule has 1 heterocycles. The van der Waals surface area contributed by atoms with Gasteiger partial charge in [-0.05, 0) is 19.3 Å². The summed E-state index contributed by atoms with van der Waals surface area (Å²) in [4.78, 5) is 8.48. The second-order valence-corrected chi connectivity index (χ2v) is 4.65. The summed E-state index contributed by atoms with van der Waals surface area (Å²) in [5, 5.41) is 3.14. The number of ether oxygens (including phenoxy) is 1. The lowest BCUT2D eigenvalue weighted by Gasteiger charge is -2.15. The molecule has 1 atom stereocenters. The molecule has 3 N–H and O–H groups in total. The molecule has 1 rings (SSSR count). The van der Waals surface area contributed by atoms with E-state index < -0.39 is 0 Å². The van der Waals surface area contributed by atoms with Crippen molar-refractivity contribution in [3.05, 3.63) is 11.8 Å². The topological polar surface area (TPSA) is 73.1 Å². The van der Waals surface area contributed by atoms with Gasteiger partial charge in [-0.15, -0.1) is 0 Å². The van der Waals surface area contributed by atoms with Crippen LogP contribution in [-0.4, -0.2) is 29.7 Å². The molecule has 0 radical (unpaired) electrons. The molecule has 1 unspecified atom stereocenters. The van der Waals surface area contributed by atoms with Crippen LogP contribution >= 0.6 is 0 Å². The van der Waals surface area contributed by atoms with Crippen LogP contribution in [0.1, 0.15) is 26.0 Å². The van der Waals surface area contributed by atoms with E-state index in [4.69, 9.17) is 10.5 Å². The molecular formula is C12H22N4O. The highest BCUT2D eigenvalue weighted by Gasteiger charge is 2.07. The van der Waals surface area contributed by atoms with Crippen molar-refractivity contribution in [1.82, 2.24) is 9.97 Å². The highest BCUT2D eigenvalue weighted by molar-refractivity contribution is 5.30. The summed E-state index contributed by atoms with van der Waals surface area (Å²) in [7, 11) is 1.59. The molecule has 0 saturated heterocycles. The Morgan fingerprint density at radius 3 is 2.71 bits per heavy atom. The summed E-state index contributed by atoms with van der Waals surface area (Å²) in [5.74, 6) is 1.73. The molecule has 0 bridgehead atoms. The maximum absolute atomic E-state index is 5.98. The summed E-state index contributed by atoms with van der Waals surface area (Å²) in [6, 6.07) is 1.91. The normalized spacial score (nSPS) is 12.6. The third kappa shape index (κ3) is 4.99. The van der Waals surface area contributed by atoms with E-state index in [1.54, 1.807) is 13.2 Å². The lowest BCUT2D eigenvalue weighted by atomic mass is 10.0. The van der Waals surface area contributed by atoms with Crippen molar-refractivity contribution in [3.8, 4) is 5.88 Å². The molecule has 5 heteroatoms. The number of nitrogens with zero attached hydrogens (tertiary/aromatic N) is 2. The fraction of sp³-hybridized carbons (Fsp3) is 0.667. The fourth-order valence-corrected chi connectivity index (χ4v) is 1.63. The number of rotatable bonds is 6. The first kappa shape index (κ1) is 13.7. The highest BCUT2D eigenvalue weighted by atomic mass is 16.5. The van der Waals surface area contributed by atoms with Gasteiger partial charge in [-0.3, -0.25) is 0 Å². The Bertz CT molecular complexity index is 354. The van der Waals surface area contributed by atoms with Gasteiger partial charge in [0, 0.05) is 24.3 Å². The number of aryl methyl sites for hydroxylation is 1. The monoisotopic (exact) mass is 238 g/mol. The van der Waals surface area contributed by atoms with Gasteiger partial charge in [-0.1, -0.05) is 13.8 Å². The molecule has 5 nitrogen and oxygen atoms in total. The number of anilines is 1. The van der Waals surface area contributed by atoms with Crippen LogP contribution in [0.4, 0.5) is 5.95 Å². The summed E-state index contributed by atoms with van der Waals surface area (Å²) >= 11 is 0. The van der Waals surface area contributed by atoms with Crippen LogP contribution < -0.4 is 15.8 Å². The zero-order chi connectivity index (χ0) is 12.8. The molecule has 1 aromatic heterocycles. The van der Waals surface area contributed by atoms with Gasteiger partial charge in [0.15, 0.2) is 0 Å². The van der Waals surface area contributed by atoms with Crippen LogP contribution in [0.15, 0.2) is 6.07 Å². The molecule has 0 fully saturated rings. The Balaban J connectivity index is 2.54. The summed E-state index contributed by atoms with van der Waals surface area (Å²) in [6.07, 6.45) is 0.982. The summed E-state index contributed by atoms with van der Waals surface area (Å²) < 4.78 is 5.08. The second kappa shape index (κ2) is 6.39. The predicted octanol–water partition coefficient (Wildman–Crippen LogP) is 1.58. The smallest absolute Gasteiger partial charge is 0.226 e. The molecule has 96 valence electrons. The van der Waals surface area contributed by atoms with Gasteiger partial charge >= 0.3 is 0 Å². The van der Waals surface area contributed by atoms with Crippen molar-refractivity contribution in [1.29, 1.82) is 0 Å². The van der Waals surface area contributed by atoms with E-state index in [1.165, 1.54) is 0 Å². The van der Waals surface area contributed by atoms with Gasteiger partial charge < -0.3 is 15.8 Å². The molecule has 0 saturated carbocycles. The van der Waals surface area contributed by atoms with Crippen molar-refractivity contribution >= 4 is 5.95 Å². The van der Waals surface area contributed by atoms with Crippen molar-refractivity contribution in [2.24, 2.45) is 11.7 Å². The Labute approximate surface area is 103 Å². The van der Waals surface area contributed by atoms with E-state index in [0.717, 1.165) is 12.1 Å². The Hall–Kier alpha value is -1.36. The number of nitrogens with two attached hydrogens (primary N) is 1. The van der Waals surface area contributed by atoms with Gasteiger partial charge in [0.05, 0.1) is 7.11 Å². The van der Waals surface area contributed by atoms with Crippen LogP contribution in [0.3, 0.4) is 0 Å². The van der Waals surface area contributed by atoms with Crippen molar-refractivity contribution in [3.63, 3.8) is 0 Å². The lowest BCUT2D eigenvalue weighted by Crippen LogP contribution is -2.31. The van der Waals surface area contributed by atoms with E-state index in [-0.39, 0.29) is 6.04 Å². The first-order chi connectivity index (χ1) is 8.01. The SMILES string of the molecule is COc1cc(C)nc(NCC(N)CC(C)C)n1. The van der Waals surface area contributed by atoms with Crippen LogP contribution in [0.5, 0.6) is 5.88 Å². The highest BCUT2D eigenvalue weighted by Crippen LogP contribution is 2.11. The third-order valence-corrected chi connectivity index (χ3v) is 2.34. The Kier molecular flexibility index (Phi) is 5.15. The van der Waals surface area contributed by atoms with E-state index in [2.05, 4.69) is 29.1 Å². The molecule has 1 aromatic rings. The van der Waals surface area contributed by atoms with Crippen LogP contribution in [0.2, 0.25) is 0 Å². The first-order valence-electron chi connectivity index (χ1n) is 5.90. The van der Waals surface area contributed by atoms with Gasteiger partial charge in [0.25, 0.3) is 0 Å². The van der Waals surface area contributed by atoms with Crippen molar-refractivity contribution in [2.75, 3.05) is 19.0 Å².